The number of thioether (sulfide) groups is 1. The Labute approximate surface area is 99.1 Å². The Morgan fingerprint density at radius 2 is 2.31 bits per heavy atom. The lowest BCUT2D eigenvalue weighted by molar-refractivity contribution is 0.108. The summed E-state index contributed by atoms with van der Waals surface area (Å²) in [7, 11) is 1.51. The Balaban J connectivity index is 2.98. The van der Waals surface area contributed by atoms with Gasteiger partial charge in [-0.25, -0.2) is 0 Å². The van der Waals surface area contributed by atoms with E-state index in [1.165, 1.54) is 7.11 Å². The standard InChI is InChI=1S/C12H12O3S/c1-4-7-15-9-5-6-10(12(13)16-3)11(8-9)14-2/h1,5-6,8H,7H2,2-3H3. The average Bonchev–Trinajstić information content (AvgIpc) is 2.34. The summed E-state index contributed by atoms with van der Waals surface area (Å²) in [6.07, 6.45) is 6.81. The summed E-state index contributed by atoms with van der Waals surface area (Å²) >= 11 is 1.14. The van der Waals surface area contributed by atoms with Gasteiger partial charge in [-0.1, -0.05) is 17.7 Å². The molecule has 0 fully saturated rings. The van der Waals surface area contributed by atoms with Gasteiger partial charge in [0.25, 0.3) is 0 Å². The Kier molecular flexibility index (Phi) is 4.74. The smallest absolute Gasteiger partial charge is 0.222 e. The maximum absolute atomic E-state index is 11.5. The van der Waals surface area contributed by atoms with Gasteiger partial charge in [0.1, 0.15) is 18.1 Å². The van der Waals surface area contributed by atoms with Crippen LogP contribution in [0.15, 0.2) is 18.2 Å². The molecule has 0 aliphatic heterocycles. The van der Waals surface area contributed by atoms with Crippen LogP contribution in [0.4, 0.5) is 0 Å². The van der Waals surface area contributed by atoms with Crippen molar-refractivity contribution >= 4 is 16.9 Å². The molecule has 0 atom stereocenters. The Morgan fingerprint density at radius 3 is 2.88 bits per heavy atom. The third-order valence-corrected chi connectivity index (χ3v) is 2.49. The molecule has 0 radical (unpaired) electrons. The zero-order valence-corrected chi connectivity index (χ0v) is 9.97. The highest BCUT2D eigenvalue weighted by molar-refractivity contribution is 8.13. The summed E-state index contributed by atoms with van der Waals surface area (Å²) in [6, 6.07) is 5.02. The zero-order valence-electron chi connectivity index (χ0n) is 9.15. The van der Waals surface area contributed by atoms with Gasteiger partial charge < -0.3 is 9.47 Å². The van der Waals surface area contributed by atoms with E-state index in [2.05, 4.69) is 5.92 Å². The molecular weight excluding hydrogens is 224 g/mol. The van der Waals surface area contributed by atoms with Crippen LogP contribution in [0.1, 0.15) is 10.4 Å². The van der Waals surface area contributed by atoms with Gasteiger partial charge in [-0.15, -0.1) is 6.42 Å². The lowest BCUT2D eigenvalue weighted by atomic mass is 10.2. The topological polar surface area (TPSA) is 35.5 Å². The van der Waals surface area contributed by atoms with E-state index in [-0.39, 0.29) is 11.7 Å². The first-order chi connectivity index (χ1) is 7.72. The van der Waals surface area contributed by atoms with Gasteiger partial charge in [0.2, 0.25) is 5.12 Å². The van der Waals surface area contributed by atoms with Crippen LogP contribution in [0.3, 0.4) is 0 Å². The highest BCUT2D eigenvalue weighted by Gasteiger charge is 2.11. The molecule has 1 aromatic rings. The molecule has 0 spiro atoms. The van der Waals surface area contributed by atoms with Crippen molar-refractivity contribution < 1.29 is 14.3 Å². The van der Waals surface area contributed by atoms with Crippen molar-refractivity contribution in [3.8, 4) is 23.8 Å². The van der Waals surface area contributed by atoms with Crippen LogP contribution in [0, 0.1) is 12.3 Å². The van der Waals surface area contributed by atoms with Crippen LogP contribution in [0.5, 0.6) is 11.5 Å². The van der Waals surface area contributed by atoms with Crippen molar-refractivity contribution in [3.63, 3.8) is 0 Å². The SMILES string of the molecule is C#CCOc1ccc(C(=O)SC)c(OC)c1. The summed E-state index contributed by atoms with van der Waals surface area (Å²) < 4.78 is 10.4. The number of ether oxygens (including phenoxy) is 2. The Morgan fingerprint density at radius 1 is 1.56 bits per heavy atom. The van der Waals surface area contributed by atoms with Gasteiger partial charge in [0, 0.05) is 6.07 Å². The number of methoxy groups -OCH3 is 1. The monoisotopic (exact) mass is 236 g/mol. The molecule has 0 unspecified atom stereocenters. The largest absolute Gasteiger partial charge is 0.496 e. The van der Waals surface area contributed by atoms with Crippen LogP contribution in [0.2, 0.25) is 0 Å². The average molecular weight is 236 g/mol. The van der Waals surface area contributed by atoms with E-state index in [1.54, 1.807) is 24.5 Å². The maximum Gasteiger partial charge on any atom is 0.222 e. The first-order valence-corrected chi connectivity index (χ1v) is 5.78. The molecule has 0 bridgehead atoms. The second kappa shape index (κ2) is 6.09. The van der Waals surface area contributed by atoms with Gasteiger partial charge in [0.15, 0.2) is 0 Å². The molecule has 16 heavy (non-hydrogen) atoms. The zero-order chi connectivity index (χ0) is 12.0. The van der Waals surface area contributed by atoms with Crippen molar-refractivity contribution in [1.82, 2.24) is 0 Å². The molecule has 84 valence electrons. The minimum Gasteiger partial charge on any atom is -0.496 e. The van der Waals surface area contributed by atoms with Crippen LogP contribution < -0.4 is 9.47 Å². The summed E-state index contributed by atoms with van der Waals surface area (Å²) in [6.45, 7) is 0.193. The fourth-order valence-electron chi connectivity index (χ4n) is 1.16. The number of rotatable bonds is 4. The number of hydrogen-bond acceptors (Lipinski definition) is 4. The Bertz CT molecular complexity index is 421. The van der Waals surface area contributed by atoms with Crippen LogP contribution >= 0.6 is 11.8 Å². The van der Waals surface area contributed by atoms with Gasteiger partial charge in [0.05, 0.1) is 12.7 Å². The molecule has 1 rings (SSSR count). The van der Waals surface area contributed by atoms with Gasteiger partial charge >= 0.3 is 0 Å². The predicted octanol–water partition coefficient (Wildman–Crippen LogP) is 2.21. The highest BCUT2D eigenvalue weighted by atomic mass is 32.2. The molecule has 4 heteroatoms. The predicted molar refractivity (Wildman–Crippen MR) is 65.2 cm³/mol. The summed E-state index contributed by atoms with van der Waals surface area (Å²) in [5.41, 5.74) is 0.531. The quantitative estimate of drug-likeness (QED) is 0.751. The fourth-order valence-corrected chi connectivity index (χ4v) is 1.55. The van der Waals surface area contributed by atoms with Crippen LogP contribution in [-0.4, -0.2) is 25.1 Å². The Hall–Kier alpha value is -1.60. The van der Waals surface area contributed by atoms with Crippen LogP contribution in [-0.2, 0) is 0 Å². The van der Waals surface area contributed by atoms with E-state index >= 15 is 0 Å². The molecule has 0 aromatic heterocycles. The molecule has 1 aromatic carbocycles. The van der Waals surface area contributed by atoms with E-state index in [0.29, 0.717) is 17.1 Å². The molecule has 0 amide bonds. The number of hydrogen-bond donors (Lipinski definition) is 0. The van der Waals surface area contributed by atoms with Gasteiger partial charge in [-0.3, -0.25) is 4.79 Å². The first kappa shape index (κ1) is 12.5. The lowest BCUT2D eigenvalue weighted by Crippen LogP contribution is -1.99. The molecular formula is C12H12O3S. The molecule has 0 aliphatic carbocycles. The van der Waals surface area contributed by atoms with Crippen molar-refractivity contribution in [2.45, 2.75) is 0 Å². The van der Waals surface area contributed by atoms with Crippen molar-refractivity contribution in [2.75, 3.05) is 20.0 Å². The first-order valence-electron chi connectivity index (χ1n) is 4.55. The number of carbonyl (C=O) groups excluding carboxylic acids is 1. The molecule has 0 N–H and O–H groups in total. The summed E-state index contributed by atoms with van der Waals surface area (Å²) in [4.78, 5) is 11.5. The molecule has 0 aliphatic rings. The van der Waals surface area contributed by atoms with Crippen molar-refractivity contribution in [3.05, 3.63) is 23.8 Å². The third-order valence-electron chi connectivity index (χ3n) is 1.90. The second-order valence-corrected chi connectivity index (χ2v) is 3.63. The molecule has 0 saturated heterocycles. The fraction of sp³-hybridized carbons (Fsp3) is 0.250. The van der Waals surface area contributed by atoms with E-state index in [4.69, 9.17) is 15.9 Å². The normalized spacial score (nSPS) is 9.31. The minimum absolute atomic E-state index is 0.0413. The molecule has 3 nitrogen and oxygen atoms in total. The molecule has 0 heterocycles. The van der Waals surface area contributed by atoms with Gasteiger partial charge in [-0.05, 0) is 18.4 Å². The summed E-state index contributed by atoms with van der Waals surface area (Å²) in [5, 5.41) is -0.0413. The number of carbonyl (C=O) groups is 1. The van der Waals surface area contributed by atoms with E-state index in [9.17, 15) is 4.79 Å². The third kappa shape index (κ3) is 2.94. The maximum atomic E-state index is 11.5. The summed E-state index contributed by atoms with van der Waals surface area (Å²) in [5.74, 6) is 3.45. The van der Waals surface area contributed by atoms with E-state index in [1.807, 2.05) is 0 Å². The number of benzene rings is 1. The lowest BCUT2D eigenvalue weighted by Gasteiger charge is -2.08. The van der Waals surface area contributed by atoms with E-state index in [0.717, 1.165) is 11.8 Å². The van der Waals surface area contributed by atoms with E-state index < -0.39 is 0 Å². The second-order valence-electron chi connectivity index (χ2n) is 2.85. The minimum atomic E-state index is -0.0413. The number of terminal acetylenes is 1. The van der Waals surface area contributed by atoms with Crippen molar-refractivity contribution in [1.29, 1.82) is 0 Å². The molecule has 0 saturated carbocycles. The van der Waals surface area contributed by atoms with Crippen molar-refractivity contribution in [2.24, 2.45) is 0 Å². The highest BCUT2D eigenvalue weighted by Crippen LogP contribution is 2.27. The van der Waals surface area contributed by atoms with Crippen LogP contribution in [0.25, 0.3) is 0 Å². The van der Waals surface area contributed by atoms with Gasteiger partial charge in [-0.2, -0.15) is 0 Å².